The lowest BCUT2D eigenvalue weighted by Crippen LogP contribution is -1.85. The highest BCUT2D eigenvalue weighted by molar-refractivity contribution is 8.00. The third-order valence-electron chi connectivity index (χ3n) is 1.85. The molecule has 0 radical (unpaired) electrons. The Kier molecular flexibility index (Phi) is 3.23. The summed E-state index contributed by atoms with van der Waals surface area (Å²) < 4.78 is 5.15. The molecule has 2 N–H and O–H groups in total. The van der Waals surface area contributed by atoms with Gasteiger partial charge < -0.3 is 5.73 Å². The maximum atomic E-state index is 5.61. The lowest BCUT2D eigenvalue weighted by Gasteiger charge is -1.98. The van der Waals surface area contributed by atoms with Crippen molar-refractivity contribution in [3.63, 3.8) is 0 Å². The van der Waals surface area contributed by atoms with Crippen LogP contribution in [0.1, 0.15) is 11.4 Å². The van der Waals surface area contributed by atoms with E-state index >= 15 is 0 Å². The number of nitrogen functional groups attached to an aromatic ring is 1. The number of hydrogen-bond donors (Lipinski definition) is 1. The van der Waals surface area contributed by atoms with E-state index in [1.807, 2.05) is 31.2 Å². The van der Waals surface area contributed by atoms with Crippen molar-refractivity contribution >= 4 is 29.0 Å². The van der Waals surface area contributed by atoms with Gasteiger partial charge in [-0.25, -0.2) is 4.98 Å². The summed E-state index contributed by atoms with van der Waals surface area (Å²) in [5.74, 6) is 1.76. The Labute approximate surface area is 96.9 Å². The SMILES string of the molecule is Cc1nsc(SCc2ccc(N)cc2)n1. The normalized spacial score (nSPS) is 10.5. The highest BCUT2D eigenvalue weighted by Crippen LogP contribution is 2.24. The van der Waals surface area contributed by atoms with Gasteiger partial charge in [-0.2, -0.15) is 4.37 Å². The van der Waals surface area contributed by atoms with Crippen LogP contribution < -0.4 is 5.73 Å². The molecule has 2 aromatic rings. The smallest absolute Gasteiger partial charge is 0.170 e. The molecule has 0 amide bonds. The summed E-state index contributed by atoms with van der Waals surface area (Å²) in [4.78, 5) is 4.29. The minimum absolute atomic E-state index is 0.801. The van der Waals surface area contributed by atoms with Gasteiger partial charge in [0, 0.05) is 11.4 Å². The molecule has 0 saturated heterocycles. The molecule has 0 bridgehead atoms. The molecule has 1 aromatic carbocycles. The fraction of sp³-hybridized carbons (Fsp3) is 0.200. The van der Waals surface area contributed by atoms with Crippen LogP contribution in [0.2, 0.25) is 0 Å². The van der Waals surface area contributed by atoms with Crippen LogP contribution >= 0.6 is 23.3 Å². The van der Waals surface area contributed by atoms with Crippen molar-refractivity contribution in [2.24, 2.45) is 0 Å². The average Bonchev–Trinajstić information content (AvgIpc) is 2.64. The molecule has 5 heteroatoms. The summed E-state index contributed by atoms with van der Waals surface area (Å²) >= 11 is 3.15. The molecule has 0 spiro atoms. The van der Waals surface area contributed by atoms with Crippen LogP contribution in [0.25, 0.3) is 0 Å². The predicted molar refractivity (Wildman–Crippen MR) is 65.1 cm³/mol. The van der Waals surface area contributed by atoms with Crippen LogP contribution in [0.5, 0.6) is 0 Å². The van der Waals surface area contributed by atoms with Crippen molar-refractivity contribution in [3.8, 4) is 0 Å². The first kappa shape index (κ1) is 10.4. The third-order valence-corrected chi connectivity index (χ3v) is 3.85. The van der Waals surface area contributed by atoms with Crippen molar-refractivity contribution in [1.29, 1.82) is 0 Å². The Hall–Kier alpha value is -1.07. The monoisotopic (exact) mass is 237 g/mol. The second kappa shape index (κ2) is 4.63. The van der Waals surface area contributed by atoms with E-state index in [9.17, 15) is 0 Å². The van der Waals surface area contributed by atoms with Gasteiger partial charge in [-0.3, -0.25) is 0 Å². The molecule has 0 aliphatic heterocycles. The lowest BCUT2D eigenvalue weighted by molar-refractivity contribution is 1.10. The molecule has 0 saturated carbocycles. The van der Waals surface area contributed by atoms with Crippen molar-refractivity contribution in [2.45, 2.75) is 17.0 Å². The Morgan fingerprint density at radius 1 is 1.33 bits per heavy atom. The summed E-state index contributed by atoms with van der Waals surface area (Å²) in [5.41, 5.74) is 7.66. The maximum absolute atomic E-state index is 5.61. The van der Waals surface area contributed by atoms with E-state index in [0.29, 0.717) is 0 Å². The number of rotatable bonds is 3. The van der Waals surface area contributed by atoms with Crippen LogP contribution in [0.3, 0.4) is 0 Å². The van der Waals surface area contributed by atoms with Crippen molar-refractivity contribution < 1.29 is 0 Å². The summed E-state index contributed by atoms with van der Waals surface area (Å²) in [5, 5.41) is 0. The Balaban J connectivity index is 1.96. The first-order valence-electron chi connectivity index (χ1n) is 4.51. The van der Waals surface area contributed by atoms with E-state index in [2.05, 4.69) is 9.36 Å². The van der Waals surface area contributed by atoms with Crippen LogP contribution in [0, 0.1) is 6.92 Å². The van der Waals surface area contributed by atoms with E-state index in [-0.39, 0.29) is 0 Å². The summed E-state index contributed by atoms with van der Waals surface area (Å²) in [7, 11) is 0. The minimum atomic E-state index is 0.801. The molecular formula is C10H11N3S2. The van der Waals surface area contributed by atoms with Crippen molar-refractivity contribution in [2.75, 3.05) is 5.73 Å². The summed E-state index contributed by atoms with van der Waals surface area (Å²) in [6, 6.07) is 7.91. The van der Waals surface area contributed by atoms with E-state index in [1.54, 1.807) is 11.8 Å². The van der Waals surface area contributed by atoms with Crippen LogP contribution in [0.4, 0.5) is 5.69 Å². The standard InChI is InChI=1S/C10H11N3S2/c1-7-12-10(15-13-7)14-6-8-2-4-9(11)5-3-8/h2-5H,6,11H2,1H3. The molecule has 2 rings (SSSR count). The number of nitrogens with two attached hydrogens (primary N) is 1. The number of anilines is 1. The second-order valence-electron chi connectivity index (χ2n) is 3.14. The quantitative estimate of drug-likeness (QED) is 0.658. The molecule has 1 aromatic heterocycles. The molecule has 0 fully saturated rings. The molecule has 1 heterocycles. The van der Waals surface area contributed by atoms with Gasteiger partial charge in [0.1, 0.15) is 5.82 Å². The van der Waals surface area contributed by atoms with Crippen LogP contribution in [0.15, 0.2) is 28.6 Å². The van der Waals surface area contributed by atoms with Gasteiger partial charge in [-0.1, -0.05) is 23.9 Å². The van der Waals surface area contributed by atoms with Crippen LogP contribution in [-0.4, -0.2) is 9.36 Å². The molecule has 0 atom stereocenters. The number of benzene rings is 1. The van der Waals surface area contributed by atoms with E-state index < -0.39 is 0 Å². The lowest BCUT2D eigenvalue weighted by atomic mass is 10.2. The van der Waals surface area contributed by atoms with Crippen LogP contribution in [-0.2, 0) is 5.75 Å². The number of aromatic nitrogens is 2. The molecule has 0 aliphatic rings. The topological polar surface area (TPSA) is 51.8 Å². The first-order chi connectivity index (χ1) is 7.24. The number of aryl methyl sites for hydroxylation is 1. The van der Waals surface area contributed by atoms with E-state index in [0.717, 1.165) is 21.6 Å². The third kappa shape index (κ3) is 2.94. The summed E-state index contributed by atoms with van der Waals surface area (Å²) in [6.07, 6.45) is 0. The fourth-order valence-electron chi connectivity index (χ4n) is 1.10. The molecule has 0 unspecified atom stereocenters. The zero-order valence-corrected chi connectivity index (χ0v) is 9.94. The Bertz CT molecular complexity index is 436. The summed E-state index contributed by atoms with van der Waals surface area (Å²) in [6.45, 7) is 1.91. The molecule has 3 nitrogen and oxygen atoms in total. The van der Waals surface area contributed by atoms with E-state index in [1.165, 1.54) is 17.1 Å². The molecule has 15 heavy (non-hydrogen) atoms. The van der Waals surface area contributed by atoms with Gasteiger partial charge in [-0.05, 0) is 36.2 Å². The first-order valence-corrected chi connectivity index (χ1v) is 6.27. The predicted octanol–water partition coefficient (Wildman–Crippen LogP) is 2.72. The molecular weight excluding hydrogens is 226 g/mol. The minimum Gasteiger partial charge on any atom is -0.399 e. The zero-order chi connectivity index (χ0) is 10.7. The van der Waals surface area contributed by atoms with Gasteiger partial charge in [0.05, 0.1) is 0 Å². The molecule has 78 valence electrons. The van der Waals surface area contributed by atoms with Crippen molar-refractivity contribution in [1.82, 2.24) is 9.36 Å². The fourth-order valence-corrected chi connectivity index (χ4v) is 2.70. The van der Waals surface area contributed by atoms with Gasteiger partial charge in [0.2, 0.25) is 0 Å². The Morgan fingerprint density at radius 2 is 2.07 bits per heavy atom. The maximum Gasteiger partial charge on any atom is 0.170 e. The van der Waals surface area contributed by atoms with Gasteiger partial charge >= 0.3 is 0 Å². The van der Waals surface area contributed by atoms with E-state index in [4.69, 9.17) is 5.73 Å². The second-order valence-corrected chi connectivity index (χ2v) is 5.11. The number of hydrogen-bond acceptors (Lipinski definition) is 5. The van der Waals surface area contributed by atoms with Gasteiger partial charge in [0.25, 0.3) is 0 Å². The average molecular weight is 237 g/mol. The van der Waals surface area contributed by atoms with Crippen molar-refractivity contribution in [3.05, 3.63) is 35.7 Å². The molecule has 0 aliphatic carbocycles. The number of nitrogens with zero attached hydrogens (tertiary/aromatic N) is 2. The largest absolute Gasteiger partial charge is 0.399 e. The highest BCUT2D eigenvalue weighted by Gasteiger charge is 2.01. The van der Waals surface area contributed by atoms with Gasteiger partial charge in [0.15, 0.2) is 4.34 Å². The number of thioether (sulfide) groups is 1. The Morgan fingerprint density at radius 3 is 2.67 bits per heavy atom. The van der Waals surface area contributed by atoms with Gasteiger partial charge in [-0.15, -0.1) is 0 Å². The zero-order valence-electron chi connectivity index (χ0n) is 8.30. The highest BCUT2D eigenvalue weighted by atomic mass is 32.2.